The number of rotatable bonds is 4. The number of aromatic nitrogens is 2. The number of hydrogen-bond acceptors (Lipinski definition) is 7. The Labute approximate surface area is 178 Å². The fraction of sp³-hybridized carbons (Fsp3) is 0.333. The number of ether oxygens (including phenoxy) is 2. The zero-order chi connectivity index (χ0) is 23.0. The summed E-state index contributed by atoms with van der Waals surface area (Å²) in [5.41, 5.74) is 3.00. The lowest BCUT2D eigenvalue weighted by molar-refractivity contribution is -0.208. The van der Waals surface area contributed by atoms with Gasteiger partial charge in [-0.15, -0.1) is 0 Å². The number of halogens is 5. The van der Waals surface area contributed by atoms with Gasteiger partial charge in [0.05, 0.1) is 18.3 Å². The van der Waals surface area contributed by atoms with Crippen LogP contribution in [-0.2, 0) is 10.3 Å². The Balaban J connectivity index is 1.91. The van der Waals surface area contributed by atoms with Crippen LogP contribution in [-0.4, -0.2) is 41.3 Å². The molecule has 13 heteroatoms. The van der Waals surface area contributed by atoms with Crippen molar-refractivity contribution in [1.29, 1.82) is 0 Å². The number of amidine groups is 1. The van der Waals surface area contributed by atoms with Crippen molar-refractivity contribution >= 4 is 29.3 Å². The third kappa shape index (κ3) is 4.79. The molecule has 1 amide bonds. The molecule has 31 heavy (non-hydrogen) atoms. The summed E-state index contributed by atoms with van der Waals surface area (Å²) < 4.78 is 63.5. The molecule has 0 aliphatic carbocycles. The first-order chi connectivity index (χ1) is 14.4. The SMILES string of the molecule is COc1cnc(C(=O)Nc2ccc(F)c(C3(C)CC(C(F)(F)F)OC(N)=N3)n2)c(Cl)c1. The second-order valence-electron chi connectivity index (χ2n) is 6.76. The monoisotopic (exact) mass is 461 g/mol. The van der Waals surface area contributed by atoms with Gasteiger partial charge < -0.3 is 20.5 Å². The van der Waals surface area contributed by atoms with E-state index in [0.717, 1.165) is 12.1 Å². The van der Waals surface area contributed by atoms with E-state index >= 15 is 0 Å². The molecule has 0 fully saturated rings. The van der Waals surface area contributed by atoms with Gasteiger partial charge in [-0.05, 0) is 19.1 Å². The molecule has 3 heterocycles. The van der Waals surface area contributed by atoms with Crippen LogP contribution in [0, 0.1) is 5.82 Å². The van der Waals surface area contributed by atoms with E-state index in [1.54, 1.807) is 0 Å². The van der Waals surface area contributed by atoms with Crippen LogP contribution in [0.2, 0.25) is 5.02 Å². The zero-order valence-electron chi connectivity index (χ0n) is 16.1. The van der Waals surface area contributed by atoms with Crippen LogP contribution in [0.5, 0.6) is 5.75 Å². The Morgan fingerprint density at radius 3 is 2.74 bits per heavy atom. The molecule has 1 aliphatic rings. The first-order valence-corrected chi connectivity index (χ1v) is 9.07. The van der Waals surface area contributed by atoms with Crippen LogP contribution in [0.15, 0.2) is 29.4 Å². The summed E-state index contributed by atoms with van der Waals surface area (Å²) in [7, 11) is 1.40. The lowest BCUT2D eigenvalue weighted by Gasteiger charge is -2.35. The van der Waals surface area contributed by atoms with Crippen molar-refractivity contribution in [1.82, 2.24) is 9.97 Å². The Hall–Kier alpha value is -3.15. The Morgan fingerprint density at radius 2 is 2.13 bits per heavy atom. The molecular weight excluding hydrogens is 446 g/mol. The molecule has 166 valence electrons. The fourth-order valence-electron chi connectivity index (χ4n) is 2.96. The van der Waals surface area contributed by atoms with Crippen molar-refractivity contribution in [3.63, 3.8) is 0 Å². The largest absolute Gasteiger partial charge is 0.495 e. The summed E-state index contributed by atoms with van der Waals surface area (Å²) in [6.45, 7) is 1.24. The molecule has 0 saturated carbocycles. The number of methoxy groups -OCH3 is 1. The minimum absolute atomic E-state index is 0.0130. The third-order valence-corrected chi connectivity index (χ3v) is 4.72. The van der Waals surface area contributed by atoms with E-state index in [1.807, 2.05) is 0 Å². The van der Waals surface area contributed by atoms with Crippen molar-refractivity contribution in [2.45, 2.75) is 31.2 Å². The molecule has 8 nitrogen and oxygen atoms in total. The maximum Gasteiger partial charge on any atom is 0.425 e. The molecule has 0 saturated heterocycles. The number of alkyl halides is 3. The highest BCUT2D eigenvalue weighted by Gasteiger charge is 2.50. The summed E-state index contributed by atoms with van der Waals surface area (Å²) in [6.07, 6.45) is -6.54. The molecule has 3 rings (SSSR count). The topological polar surface area (TPSA) is 112 Å². The van der Waals surface area contributed by atoms with E-state index in [4.69, 9.17) is 22.1 Å². The van der Waals surface area contributed by atoms with E-state index in [9.17, 15) is 22.4 Å². The lowest BCUT2D eigenvalue weighted by atomic mass is 9.89. The zero-order valence-corrected chi connectivity index (χ0v) is 16.9. The van der Waals surface area contributed by atoms with Gasteiger partial charge >= 0.3 is 6.18 Å². The van der Waals surface area contributed by atoms with Gasteiger partial charge in [0.15, 0.2) is 6.10 Å². The summed E-state index contributed by atoms with van der Waals surface area (Å²) in [4.78, 5) is 24.1. The summed E-state index contributed by atoms with van der Waals surface area (Å²) in [5.74, 6) is -1.53. The van der Waals surface area contributed by atoms with Crippen molar-refractivity contribution in [2.24, 2.45) is 10.7 Å². The van der Waals surface area contributed by atoms with Gasteiger partial charge in [-0.1, -0.05) is 11.6 Å². The van der Waals surface area contributed by atoms with Gasteiger partial charge in [0, 0.05) is 12.5 Å². The average molecular weight is 462 g/mol. The maximum absolute atomic E-state index is 14.5. The molecule has 0 bridgehead atoms. The summed E-state index contributed by atoms with van der Waals surface area (Å²) >= 11 is 6.01. The molecule has 2 aromatic rings. The highest BCUT2D eigenvalue weighted by molar-refractivity contribution is 6.34. The number of nitrogens with two attached hydrogens (primary N) is 1. The van der Waals surface area contributed by atoms with E-state index in [2.05, 4.69) is 25.0 Å². The van der Waals surface area contributed by atoms with Gasteiger partial charge in [0.25, 0.3) is 11.9 Å². The first kappa shape index (κ1) is 22.5. The summed E-state index contributed by atoms with van der Waals surface area (Å²) in [5, 5.41) is 2.36. The Morgan fingerprint density at radius 1 is 1.42 bits per heavy atom. The van der Waals surface area contributed by atoms with E-state index in [1.165, 1.54) is 26.3 Å². The van der Waals surface area contributed by atoms with Crippen molar-refractivity contribution < 1.29 is 31.8 Å². The highest BCUT2D eigenvalue weighted by atomic mass is 35.5. The Bertz CT molecular complexity index is 1050. The predicted molar refractivity (Wildman–Crippen MR) is 102 cm³/mol. The number of anilines is 1. The van der Waals surface area contributed by atoms with Crippen LogP contribution in [0.3, 0.4) is 0 Å². The maximum atomic E-state index is 14.5. The second-order valence-corrected chi connectivity index (χ2v) is 7.17. The number of hydrogen-bond donors (Lipinski definition) is 2. The van der Waals surface area contributed by atoms with Gasteiger partial charge in [-0.3, -0.25) is 4.79 Å². The van der Waals surface area contributed by atoms with Crippen LogP contribution in [0.4, 0.5) is 23.4 Å². The molecule has 1 aliphatic heterocycles. The van der Waals surface area contributed by atoms with E-state index in [0.29, 0.717) is 5.75 Å². The third-order valence-electron chi connectivity index (χ3n) is 4.43. The second kappa shape index (κ2) is 8.17. The number of carbonyl (C=O) groups is 1. The number of nitrogens with one attached hydrogen (secondary N) is 1. The number of nitrogens with zero attached hydrogens (tertiary/aromatic N) is 3. The number of pyridine rings is 2. The fourth-order valence-corrected chi connectivity index (χ4v) is 3.20. The normalized spacial score (nSPS) is 21.1. The summed E-state index contributed by atoms with van der Waals surface area (Å²) in [6, 6.07) is 2.69. The lowest BCUT2D eigenvalue weighted by Crippen LogP contribution is -2.46. The van der Waals surface area contributed by atoms with Gasteiger partial charge in [-0.2, -0.15) is 13.2 Å². The van der Waals surface area contributed by atoms with E-state index in [-0.39, 0.29) is 16.5 Å². The molecule has 3 N–H and O–H groups in total. The van der Waals surface area contributed by atoms with Crippen molar-refractivity contribution in [2.75, 3.05) is 12.4 Å². The number of aliphatic imine (C=N–C) groups is 1. The van der Waals surface area contributed by atoms with Gasteiger partial charge in [0.1, 0.15) is 34.3 Å². The van der Waals surface area contributed by atoms with Gasteiger partial charge in [-0.25, -0.2) is 19.4 Å². The standard InChI is InChI=1S/C18H16ClF4N5O3/c1-17(6-11(18(21,22)23)31-16(24)28-17)14-10(20)3-4-12(26-14)27-15(29)13-9(19)5-8(30-2)7-25-13/h3-5,7,11H,6H2,1-2H3,(H2,24,28)(H,26,27,29). The molecular formula is C18H16ClF4N5O3. The van der Waals surface area contributed by atoms with Crippen molar-refractivity contribution in [3.8, 4) is 5.75 Å². The minimum Gasteiger partial charge on any atom is -0.495 e. The van der Waals surface area contributed by atoms with Crippen LogP contribution >= 0.6 is 11.6 Å². The molecule has 2 aromatic heterocycles. The number of carbonyl (C=O) groups excluding carboxylic acids is 1. The number of amides is 1. The Kier molecular flexibility index (Phi) is 5.94. The quantitative estimate of drug-likeness (QED) is 0.675. The smallest absolute Gasteiger partial charge is 0.425 e. The molecule has 0 radical (unpaired) electrons. The van der Waals surface area contributed by atoms with Crippen LogP contribution < -0.4 is 15.8 Å². The molecule has 0 aromatic carbocycles. The molecule has 0 spiro atoms. The predicted octanol–water partition coefficient (Wildman–Crippen LogP) is 3.41. The first-order valence-electron chi connectivity index (χ1n) is 8.69. The average Bonchev–Trinajstić information content (AvgIpc) is 2.67. The van der Waals surface area contributed by atoms with Crippen molar-refractivity contribution in [3.05, 3.63) is 46.6 Å². The van der Waals surface area contributed by atoms with Crippen LogP contribution in [0.25, 0.3) is 0 Å². The van der Waals surface area contributed by atoms with Crippen LogP contribution in [0.1, 0.15) is 29.5 Å². The molecule has 2 atom stereocenters. The van der Waals surface area contributed by atoms with E-state index < -0.39 is 47.7 Å². The minimum atomic E-state index is -4.75. The van der Waals surface area contributed by atoms with Gasteiger partial charge in [0.2, 0.25) is 0 Å². The highest BCUT2D eigenvalue weighted by Crippen LogP contribution is 2.40. The molecule has 2 unspecified atom stereocenters.